The number of sulfonamides is 1. The summed E-state index contributed by atoms with van der Waals surface area (Å²) < 4.78 is 27.5. The standard InChI is InChI=1S/C15H26N2O2S/c1-11(15(3,4)5)10-17-20(18,19)14-8-6-7-13(9-16)12(14)2/h6-8,11,17H,9-10,16H2,1-5H3. The lowest BCUT2D eigenvalue weighted by Crippen LogP contribution is -2.34. The van der Waals surface area contributed by atoms with Crippen molar-refractivity contribution in [3.05, 3.63) is 29.3 Å². The van der Waals surface area contributed by atoms with E-state index in [0.29, 0.717) is 18.0 Å². The second-order valence-electron chi connectivity index (χ2n) is 6.36. The molecule has 114 valence electrons. The first-order valence-electron chi connectivity index (χ1n) is 6.88. The van der Waals surface area contributed by atoms with Gasteiger partial charge in [0, 0.05) is 13.1 Å². The van der Waals surface area contributed by atoms with Gasteiger partial charge in [0.1, 0.15) is 0 Å². The Balaban J connectivity index is 2.96. The van der Waals surface area contributed by atoms with Crippen molar-refractivity contribution in [1.82, 2.24) is 4.72 Å². The molecule has 0 aromatic heterocycles. The van der Waals surface area contributed by atoms with Crippen molar-refractivity contribution in [1.29, 1.82) is 0 Å². The van der Waals surface area contributed by atoms with E-state index in [2.05, 4.69) is 25.5 Å². The van der Waals surface area contributed by atoms with Crippen LogP contribution < -0.4 is 10.5 Å². The first kappa shape index (κ1) is 17.1. The van der Waals surface area contributed by atoms with Crippen molar-refractivity contribution in [2.75, 3.05) is 6.54 Å². The Kier molecular flexibility index (Phi) is 5.35. The van der Waals surface area contributed by atoms with Gasteiger partial charge in [-0.15, -0.1) is 0 Å². The Hall–Kier alpha value is -0.910. The number of benzene rings is 1. The quantitative estimate of drug-likeness (QED) is 0.877. The predicted octanol–water partition coefficient (Wildman–Crippen LogP) is 2.41. The second kappa shape index (κ2) is 6.24. The maximum absolute atomic E-state index is 12.4. The van der Waals surface area contributed by atoms with Crippen LogP contribution in [0.15, 0.2) is 23.1 Å². The summed E-state index contributed by atoms with van der Waals surface area (Å²) in [4.78, 5) is 0.321. The van der Waals surface area contributed by atoms with E-state index < -0.39 is 10.0 Å². The van der Waals surface area contributed by atoms with E-state index in [1.807, 2.05) is 13.0 Å². The summed E-state index contributed by atoms with van der Waals surface area (Å²) in [6, 6.07) is 5.21. The van der Waals surface area contributed by atoms with E-state index in [1.54, 1.807) is 19.1 Å². The molecular formula is C15H26N2O2S. The van der Waals surface area contributed by atoms with Gasteiger partial charge in [-0.05, 0) is 35.4 Å². The van der Waals surface area contributed by atoms with Crippen molar-refractivity contribution in [3.8, 4) is 0 Å². The largest absolute Gasteiger partial charge is 0.326 e. The molecule has 20 heavy (non-hydrogen) atoms. The number of nitrogens with one attached hydrogen (secondary N) is 1. The Bertz CT molecular complexity index is 560. The molecule has 0 saturated carbocycles. The van der Waals surface area contributed by atoms with Crippen LogP contribution in [-0.2, 0) is 16.6 Å². The average Bonchev–Trinajstić information content (AvgIpc) is 2.34. The fraction of sp³-hybridized carbons (Fsp3) is 0.600. The molecule has 1 aromatic rings. The normalized spacial score (nSPS) is 14.3. The van der Waals surface area contributed by atoms with Crippen LogP contribution in [0.4, 0.5) is 0 Å². The lowest BCUT2D eigenvalue weighted by Gasteiger charge is -2.27. The molecule has 1 unspecified atom stereocenters. The van der Waals surface area contributed by atoms with Crippen LogP contribution in [0.2, 0.25) is 0 Å². The van der Waals surface area contributed by atoms with E-state index in [1.165, 1.54) is 0 Å². The van der Waals surface area contributed by atoms with Crippen LogP contribution in [0.5, 0.6) is 0 Å². The molecule has 5 heteroatoms. The topological polar surface area (TPSA) is 72.2 Å². The lowest BCUT2D eigenvalue weighted by atomic mass is 9.82. The SMILES string of the molecule is Cc1c(CN)cccc1S(=O)(=O)NCC(C)C(C)(C)C. The molecule has 0 radical (unpaired) electrons. The van der Waals surface area contributed by atoms with Crippen molar-refractivity contribution >= 4 is 10.0 Å². The molecule has 0 aliphatic heterocycles. The highest BCUT2D eigenvalue weighted by molar-refractivity contribution is 7.89. The smallest absolute Gasteiger partial charge is 0.240 e. The van der Waals surface area contributed by atoms with Crippen molar-refractivity contribution < 1.29 is 8.42 Å². The molecule has 1 atom stereocenters. The van der Waals surface area contributed by atoms with Gasteiger partial charge in [-0.3, -0.25) is 0 Å². The van der Waals surface area contributed by atoms with Crippen molar-refractivity contribution in [3.63, 3.8) is 0 Å². The zero-order valence-corrected chi connectivity index (χ0v) is 13.8. The third-order valence-electron chi connectivity index (χ3n) is 3.96. The Morgan fingerprint density at radius 3 is 2.40 bits per heavy atom. The summed E-state index contributed by atoms with van der Waals surface area (Å²) in [7, 11) is -3.48. The van der Waals surface area contributed by atoms with Gasteiger partial charge in [-0.2, -0.15) is 0 Å². The van der Waals surface area contributed by atoms with Gasteiger partial charge in [-0.1, -0.05) is 39.8 Å². The summed E-state index contributed by atoms with van der Waals surface area (Å²) in [6.07, 6.45) is 0. The Labute approximate surface area is 122 Å². The van der Waals surface area contributed by atoms with Gasteiger partial charge >= 0.3 is 0 Å². The minimum atomic E-state index is -3.48. The fourth-order valence-corrected chi connectivity index (χ4v) is 3.21. The average molecular weight is 298 g/mol. The van der Waals surface area contributed by atoms with Crippen LogP contribution in [0.25, 0.3) is 0 Å². The molecule has 0 amide bonds. The van der Waals surface area contributed by atoms with Crippen LogP contribution >= 0.6 is 0 Å². The van der Waals surface area contributed by atoms with E-state index in [9.17, 15) is 8.42 Å². The van der Waals surface area contributed by atoms with Gasteiger partial charge in [0.05, 0.1) is 4.90 Å². The van der Waals surface area contributed by atoms with Gasteiger partial charge in [-0.25, -0.2) is 13.1 Å². The third kappa shape index (κ3) is 4.04. The van der Waals surface area contributed by atoms with Crippen LogP contribution in [0.1, 0.15) is 38.8 Å². The maximum atomic E-state index is 12.4. The second-order valence-corrected chi connectivity index (χ2v) is 8.10. The van der Waals surface area contributed by atoms with Gasteiger partial charge in [0.15, 0.2) is 0 Å². The number of rotatable bonds is 5. The third-order valence-corrected chi connectivity index (χ3v) is 5.53. The summed E-state index contributed by atoms with van der Waals surface area (Å²) >= 11 is 0. The number of hydrogen-bond donors (Lipinski definition) is 2. The zero-order valence-electron chi connectivity index (χ0n) is 13.0. The zero-order chi connectivity index (χ0) is 15.6. The molecule has 0 saturated heterocycles. The summed E-state index contributed by atoms with van der Waals surface area (Å²) in [6.45, 7) is 10.9. The van der Waals surface area contributed by atoms with Gasteiger partial charge < -0.3 is 5.73 Å². The van der Waals surface area contributed by atoms with E-state index in [-0.39, 0.29) is 11.3 Å². The molecule has 0 fully saturated rings. The molecule has 0 bridgehead atoms. The number of nitrogens with two attached hydrogens (primary N) is 1. The highest BCUT2D eigenvalue weighted by Crippen LogP contribution is 2.25. The lowest BCUT2D eigenvalue weighted by molar-refractivity contribution is 0.263. The van der Waals surface area contributed by atoms with Crippen LogP contribution in [-0.4, -0.2) is 15.0 Å². The molecule has 4 nitrogen and oxygen atoms in total. The summed E-state index contributed by atoms with van der Waals surface area (Å²) in [5, 5.41) is 0. The summed E-state index contributed by atoms with van der Waals surface area (Å²) in [5.74, 6) is 0.246. The van der Waals surface area contributed by atoms with Gasteiger partial charge in [0.2, 0.25) is 10.0 Å². The van der Waals surface area contributed by atoms with Crippen LogP contribution in [0, 0.1) is 18.3 Å². The molecule has 0 heterocycles. The Morgan fingerprint density at radius 2 is 1.90 bits per heavy atom. The molecule has 0 aliphatic carbocycles. The van der Waals surface area contributed by atoms with Crippen molar-refractivity contribution in [2.45, 2.75) is 46.1 Å². The highest BCUT2D eigenvalue weighted by atomic mass is 32.2. The van der Waals surface area contributed by atoms with Crippen LogP contribution in [0.3, 0.4) is 0 Å². The monoisotopic (exact) mass is 298 g/mol. The highest BCUT2D eigenvalue weighted by Gasteiger charge is 2.23. The molecule has 0 spiro atoms. The fourth-order valence-electron chi connectivity index (χ4n) is 1.79. The molecule has 1 rings (SSSR count). The van der Waals surface area contributed by atoms with Gasteiger partial charge in [0.25, 0.3) is 0 Å². The summed E-state index contributed by atoms with van der Waals surface area (Å²) in [5.41, 5.74) is 7.28. The minimum Gasteiger partial charge on any atom is -0.326 e. The molecule has 0 aliphatic rings. The van der Waals surface area contributed by atoms with E-state index >= 15 is 0 Å². The molecular weight excluding hydrogens is 272 g/mol. The predicted molar refractivity (Wildman–Crippen MR) is 82.9 cm³/mol. The van der Waals surface area contributed by atoms with E-state index in [0.717, 1.165) is 11.1 Å². The molecule has 3 N–H and O–H groups in total. The molecule has 1 aromatic carbocycles. The van der Waals surface area contributed by atoms with E-state index in [4.69, 9.17) is 5.73 Å². The first-order chi connectivity index (χ1) is 9.09. The Morgan fingerprint density at radius 1 is 1.30 bits per heavy atom. The minimum absolute atomic E-state index is 0.0661. The number of hydrogen-bond acceptors (Lipinski definition) is 3. The van der Waals surface area contributed by atoms with Crippen molar-refractivity contribution in [2.24, 2.45) is 17.1 Å². The first-order valence-corrected chi connectivity index (χ1v) is 8.36. The maximum Gasteiger partial charge on any atom is 0.240 e.